The third kappa shape index (κ3) is 6.03. The van der Waals surface area contributed by atoms with Gasteiger partial charge in [0.15, 0.2) is 0 Å². The van der Waals surface area contributed by atoms with Crippen LogP contribution in [0.15, 0.2) is 100 Å². The summed E-state index contributed by atoms with van der Waals surface area (Å²) in [5.41, 5.74) is 5.79. The Labute approximate surface area is 259 Å². The summed E-state index contributed by atoms with van der Waals surface area (Å²) in [5.74, 6) is -14.7. The number of thiol groups is 1. The van der Waals surface area contributed by atoms with Crippen LogP contribution in [0.2, 0.25) is 0 Å². The zero-order chi connectivity index (χ0) is 33.6. The molecule has 45 heavy (non-hydrogen) atoms. The van der Waals surface area contributed by atoms with Gasteiger partial charge < -0.3 is 4.42 Å². The van der Waals surface area contributed by atoms with E-state index >= 15 is 0 Å². The number of halogens is 9. The van der Waals surface area contributed by atoms with Crippen LogP contribution in [0.25, 0.3) is 44.2 Å². The predicted octanol–water partition coefficient (Wildman–Crippen LogP) is 10.2. The molecule has 0 aliphatic rings. The number of alkyl halides is 9. The number of hydrogen-bond donors (Lipinski definition) is 2. The average molecular weight is 697 g/mol. The molecule has 0 fully saturated rings. The summed E-state index contributed by atoms with van der Waals surface area (Å²) in [6.45, 7) is 0. The highest BCUT2D eigenvalue weighted by Gasteiger charge is 2.85. The molecule has 1 aromatic heterocycles. The highest BCUT2D eigenvalue weighted by Crippen LogP contribution is 2.54. The first-order chi connectivity index (χ1) is 20.7. The molecule has 0 saturated heterocycles. The summed E-state index contributed by atoms with van der Waals surface area (Å²) in [4.78, 5) is 0.904. The summed E-state index contributed by atoms with van der Waals surface area (Å²) in [5, 5.41) is -5.12. The van der Waals surface area contributed by atoms with Gasteiger partial charge in [-0.25, -0.2) is 0 Å². The SMILES string of the molecule is O=S(=O)(O)C(F)(F)C(F)(F)C(F)(F)C(F)(F)F.S=c1c2ccccc2oc2cc(-c3ccccc3)c(S)c(-c3ccccc3)c12. The fraction of sp³-hybridized carbons (Fsp3) is 0.138. The average Bonchev–Trinajstić information content (AvgIpc) is 2.97. The van der Waals surface area contributed by atoms with Crippen LogP contribution in [0.4, 0.5) is 39.5 Å². The Morgan fingerprint density at radius 1 is 0.689 bits per heavy atom. The lowest BCUT2D eigenvalue weighted by molar-refractivity contribution is -0.382. The Balaban J connectivity index is 0.000000236. The maximum atomic E-state index is 12.2. The lowest BCUT2D eigenvalue weighted by Crippen LogP contribution is -2.63. The van der Waals surface area contributed by atoms with Crippen molar-refractivity contribution in [3.63, 3.8) is 0 Å². The molecule has 0 amide bonds. The fourth-order valence-corrected chi connectivity index (χ4v) is 5.45. The number of hydrogen-bond acceptors (Lipinski definition) is 5. The molecule has 0 radical (unpaired) electrons. The van der Waals surface area contributed by atoms with Gasteiger partial charge in [-0.05, 0) is 34.9 Å². The third-order valence-corrected chi connectivity index (χ3v) is 8.22. The van der Waals surface area contributed by atoms with E-state index in [1.165, 1.54) is 0 Å². The Bertz CT molecular complexity index is 2030. The molecule has 1 N–H and O–H groups in total. The third-order valence-electron chi connectivity index (χ3n) is 6.43. The van der Waals surface area contributed by atoms with E-state index in [-0.39, 0.29) is 0 Å². The van der Waals surface area contributed by atoms with Gasteiger partial charge in [-0.1, -0.05) is 85.0 Å². The van der Waals surface area contributed by atoms with E-state index in [9.17, 15) is 47.9 Å². The topological polar surface area (TPSA) is 67.5 Å². The zero-order valence-corrected chi connectivity index (χ0v) is 24.5. The van der Waals surface area contributed by atoms with Crippen molar-refractivity contribution in [3.8, 4) is 22.3 Å². The van der Waals surface area contributed by atoms with E-state index in [2.05, 4.69) is 30.3 Å². The summed E-state index contributed by atoms with van der Waals surface area (Å²) in [6.07, 6.45) is -7.13. The van der Waals surface area contributed by atoms with Crippen LogP contribution in [0.5, 0.6) is 0 Å². The van der Waals surface area contributed by atoms with Crippen LogP contribution >= 0.6 is 24.8 Å². The largest absolute Gasteiger partial charge is 0.460 e. The van der Waals surface area contributed by atoms with Crippen molar-refractivity contribution in [2.75, 3.05) is 0 Å². The minimum Gasteiger partial charge on any atom is -0.456 e. The van der Waals surface area contributed by atoms with Crippen LogP contribution in [-0.2, 0) is 10.1 Å². The van der Waals surface area contributed by atoms with Crippen LogP contribution in [0.1, 0.15) is 0 Å². The number of benzene rings is 4. The van der Waals surface area contributed by atoms with Crippen LogP contribution in [-0.4, -0.2) is 36.2 Å². The number of fused-ring (bicyclic) bond motifs is 2. The van der Waals surface area contributed by atoms with Crippen molar-refractivity contribution in [2.45, 2.75) is 28.2 Å². The molecule has 0 spiro atoms. The summed E-state index contributed by atoms with van der Waals surface area (Å²) >= 11 is 10.9. The maximum absolute atomic E-state index is 12.2. The molecule has 5 rings (SSSR count). The van der Waals surface area contributed by atoms with Crippen molar-refractivity contribution < 1.29 is 56.9 Å². The molecular formula is C29H17F9O4S3. The Kier molecular flexibility index (Phi) is 9.11. The first kappa shape index (κ1) is 34.3. The monoisotopic (exact) mass is 696 g/mol. The molecule has 0 unspecified atom stereocenters. The maximum Gasteiger partial charge on any atom is 0.460 e. The molecule has 4 nitrogen and oxygen atoms in total. The van der Waals surface area contributed by atoms with Crippen molar-refractivity contribution in [2.24, 2.45) is 0 Å². The highest BCUT2D eigenvalue weighted by molar-refractivity contribution is 7.87. The summed E-state index contributed by atoms with van der Waals surface area (Å²) in [6, 6.07) is 30.5. The van der Waals surface area contributed by atoms with Crippen LogP contribution in [0.3, 0.4) is 0 Å². The second kappa shape index (κ2) is 12.0. The minimum atomic E-state index is -7.37. The van der Waals surface area contributed by atoms with Gasteiger partial charge in [0.05, 0.1) is 4.51 Å². The Morgan fingerprint density at radius 2 is 1.18 bits per heavy atom. The molecule has 1 heterocycles. The molecule has 5 aromatic rings. The highest BCUT2D eigenvalue weighted by atomic mass is 32.2. The Morgan fingerprint density at radius 3 is 1.69 bits per heavy atom. The van der Waals surface area contributed by atoms with Crippen LogP contribution < -0.4 is 0 Å². The zero-order valence-electron chi connectivity index (χ0n) is 22.0. The van der Waals surface area contributed by atoms with E-state index in [4.69, 9.17) is 33.8 Å². The standard InChI is InChI=1S/C25H16OS2.C4HF9O3S/c27-24-18-13-7-8-14-20(18)26-21-15-19(16-9-3-1-4-10-16)25(28)22(23(21)24)17-11-5-2-6-12-17;5-1(6,3(9,10)11)2(7,8)4(12,13)17(14,15)16/h1-15,28H;(H,14,15,16). The van der Waals surface area contributed by atoms with E-state index in [1.54, 1.807) is 0 Å². The van der Waals surface area contributed by atoms with Gasteiger partial charge in [0.25, 0.3) is 0 Å². The van der Waals surface area contributed by atoms with Gasteiger partial charge in [0.2, 0.25) is 0 Å². The molecule has 238 valence electrons. The minimum absolute atomic E-state index is 0.777. The molecule has 4 aromatic carbocycles. The predicted molar refractivity (Wildman–Crippen MR) is 155 cm³/mol. The molecule has 0 aliphatic heterocycles. The van der Waals surface area contributed by atoms with Gasteiger partial charge in [-0.2, -0.15) is 47.9 Å². The van der Waals surface area contributed by atoms with Crippen molar-refractivity contribution in [3.05, 3.63) is 95.5 Å². The van der Waals surface area contributed by atoms with Crippen molar-refractivity contribution in [1.29, 1.82) is 0 Å². The first-order valence-electron chi connectivity index (χ1n) is 12.2. The van der Waals surface area contributed by atoms with E-state index < -0.39 is 33.4 Å². The fourth-order valence-electron chi connectivity index (χ4n) is 4.20. The summed E-state index contributed by atoms with van der Waals surface area (Å²) < 4.78 is 141. The summed E-state index contributed by atoms with van der Waals surface area (Å²) in [7, 11) is -7.17. The quantitative estimate of drug-likeness (QED) is 0.0630. The van der Waals surface area contributed by atoms with Gasteiger partial charge in [0, 0.05) is 21.2 Å². The van der Waals surface area contributed by atoms with Crippen molar-refractivity contribution >= 4 is 56.9 Å². The second-order valence-corrected chi connectivity index (χ2v) is 11.6. The van der Waals surface area contributed by atoms with Gasteiger partial charge >= 0.3 is 33.4 Å². The second-order valence-electron chi connectivity index (χ2n) is 9.32. The van der Waals surface area contributed by atoms with Crippen LogP contribution in [0, 0.1) is 4.51 Å². The lowest BCUT2D eigenvalue weighted by Gasteiger charge is -2.31. The van der Waals surface area contributed by atoms with Gasteiger partial charge in [0.1, 0.15) is 11.2 Å². The molecule has 0 aliphatic carbocycles. The molecular weight excluding hydrogens is 679 g/mol. The lowest BCUT2D eigenvalue weighted by atomic mass is 9.94. The van der Waals surface area contributed by atoms with Gasteiger partial charge in [-0.15, -0.1) is 12.6 Å². The number of rotatable bonds is 5. The molecule has 0 bridgehead atoms. The van der Waals surface area contributed by atoms with E-state index in [1.807, 2.05) is 60.7 Å². The Hall–Kier alpha value is -3.60. The smallest absolute Gasteiger partial charge is 0.456 e. The van der Waals surface area contributed by atoms with Crippen molar-refractivity contribution in [1.82, 2.24) is 0 Å². The van der Waals surface area contributed by atoms with Gasteiger partial charge in [-0.3, -0.25) is 4.55 Å². The normalized spacial score (nSPS) is 13.0. The van der Waals surface area contributed by atoms with E-state index in [0.29, 0.717) is 0 Å². The molecule has 0 atom stereocenters. The molecule has 0 saturated carbocycles. The van der Waals surface area contributed by atoms with E-state index in [0.717, 1.165) is 53.6 Å². The number of para-hydroxylation sites is 1. The molecule has 16 heteroatoms. The first-order valence-corrected chi connectivity index (χ1v) is 14.5.